The molecule has 1 heterocycles. The van der Waals surface area contributed by atoms with E-state index in [1.54, 1.807) is 0 Å². The summed E-state index contributed by atoms with van der Waals surface area (Å²) in [5.41, 5.74) is 3.67. The van der Waals surface area contributed by atoms with Gasteiger partial charge in [0.25, 0.3) is 0 Å². The Morgan fingerprint density at radius 3 is 2.56 bits per heavy atom. The summed E-state index contributed by atoms with van der Waals surface area (Å²) in [5.74, 6) is -1.09. The number of para-hydroxylation sites is 1. The fraction of sp³-hybridized carbons (Fsp3) is 0.200. The van der Waals surface area contributed by atoms with E-state index in [-0.39, 0.29) is 0 Å². The van der Waals surface area contributed by atoms with E-state index < -0.39 is 11.6 Å². The maximum Gasteiger partial charge on any atom is 0.126 e. The molecule has 0 saturated heterocycles. The number of anilines is 1. The Hall–Kier alpha value is -1.90. The second-order valence-corrected chi connectivity index (χ2v) is 4.53. The molecule has 0 aromatic heterocycles. The standard InChI is InChI=1S/C15H13F2N/c16-12-7-11(8-13(17)9-12)14-5-1-3-10-4-2-6-18-15(10)14/h1,3,5,7-9,18H,2,4,6H2. The molecule has 0 atom stereocenters. The predicted octanol–water partition coefficient (Wildman–Crippen LogP) is 3.99. The number of benzene rings is 2. The molecule has 0 aliphatic carbocycles. The summed E-state index contributed by atoms with van der Waals surface area (Å²) >= 11 is 0. The Labute approximate surface area is 104 Å². The quantitative estimate of drug-likeness (QED) is 0.801. The molecule has 1 aliphatic heterocycles. The fourth-order valence-electron chi connectivity index (χ4n) is 2.46. The predicted molar refractivity (Wildman–Crippen MR) is 68.6 cm³/mol. The van der Waals surface area contributed by atoms with Crippen molar-refractivity contribution in [2.75, 3.05) is 11.9 Å². The lowest BCUT2D eigenvalue weighted by Gasteiger charge is -2.21. The van der Waals surface area contributed by atoms with Gasteiger partial charge in [0.15, 0.2) is 0 Å². The van der Waals surface area contributed by atoms with Crippen LogP contribution in [0.2, 0.25) is 0 Å². The minimum Gasteiger partial charge on any atom is -0.384 e. The molecule has 1 nitrogen and oxygen atoms in total. The second-order valence-electron chi connectivity index (χ2n) is 4.53. The Morgan fingerprint density at radius 1 is 1.00 bits per heavy atom. The Morgan fingerprint density at radius 2 is 1.78 bits per heavy atom. The van der Waals surface area contributed by atoms with Crippen LogP contribution in [0.25, 0.3) is 11.1 Å². The number of aryl methyl sites for hydroxylation is 1. The van der Waals surface area contributed by atoms with Crippen molar-refractivity contribution < 1.29 is 8.78 Å². The van der Waals surface area contributed by atoms with Crippen LogP contribution >= 0.6 is 0 Å². The average Bonchev–Trinajstić information content (AvgIpc) is 2.37. The van der Waals surface area contributed by atoms with E-state index in [1.165, 1.54) is 17.7 Å². The lowest BCUT2D eigenvalue weighted by molar-refractivity contribution is 0.584. The molecule has 0 bridgehead atoms. The van der Waals surface area contributed by atoms with Crippen molar-refractivity contribution >= 4 is 5.69 Å². The lowest BCUT2D eigenvalue weighted by atomic mass is 9.95. The number of fused-ring (bicyclic) bond motifs is 1. The van der Waals surface area contributed by atoms with Gasteiger partial charge in [0, 0.05) is 23.9 Å². The Balaban J connectivity index is 2.16. The van der Waals surface area contributed by atoms with Crippen LogP contribution in [0.3, 0.4) is 0 Å². The van der Waals surface area contributed by atoms with Crippen molar-refractivity contribution in [2.45, 2.75) is 12.8 Å². The fourth-order valence-corrected chi connectivity index (χ4v) is 2.46. The summed E-state index contributed by atoms with van der Waals surface area (Å²) in [4.78, 5) is 0. The first-order valence-electron chi connectivity index (χ1n) is 6.06. The lowest BCUT2D eigenvalue weighted by Crippen LogP contribution is -2.12. The van der Waals surface area contributed by atoms with E-state index in [2.05, 4.69) is 11.4 Å². The summed E-state index contributed by atoms with van der Waals surface area (Å²) in [6, 6.07) is 9.52. The highest BCUT2D eigenvalue weighted by Crippen LogP contribution is 2.34. The molecule has 0 amide bonds. The smallest absolute Gasteiger partial charge is 0.126 e. The summed E-state index contributed by atoms with van der Waals surface area (Å²) in [5, 5.41) is 3.32. The zero-order chi connectivity index (χ0) is 12.5. The zero-order valence-electron chi connectivity index (χ0n) is 9.84. The van der Waals surface area contributed by atoms with E-state index in [9.17, 15) is 8.78 Å². The second kappa shape index (κ2) is 4.41. The molecule has 2 aromatic rings. The number of hydrogen-bond acceptors (Lipinski definition) is 1. The first kappa shape index (κ1) is 11.2. The monoisotopic (exact) mass is 245 g/mol. The molecule has 1 aliphatic rings. The Bertz CT molecular complexity index is 573. The van der Waals surface area contributed by atoms with E-state index in [0.29, 0.717) is 5.56 Å². The average molecular weight is 245 g/mol. The third-order valence-corrected chi connectivity index (χ3v) is 3.25. The van der Waals surface area contributed by atoms with Crippen molar-refractivity contribution in [3.8, 4) is 11.1 Å². The van der Waals surface area contributed by atoms with Gasteiger partial charge in [0.1, 0.15) is 11.6 Å². The van der Waals surface area contributed by atoms with Gasteiger partial charge in [0.05, 0.1) is 0 Å². The van der Waals surface area contributed by atoms with Crippen LogP contribution in [0.5, 0.6) is 0 Å². The van der Waals surface area contributed by atoms with Gasteiger partial charge in [-0.1, -0.05) is 18.2 Å². The zero-order valence-corrected chi connectivity index (χ0v) is 9.84. The Kier molecular flexibility index (Phi) is 2.74. The maximum absolute atomic E-state index is 13.3. The van der Waals surface area contributed by atoms with Gasteiger partial charge in [-0.2, -0.15) is 0 Å². The molecular formula is C15H13F2N. The maximum atomic E-state index is 13.3. The van der Waals surface area contributed by atoms with Crippen LogP contribution in [0.4, 0.5) is 14.5 Å². The van der Waals surface area contributed by atoms with Crippen LogP contribution in [0.15, 0.2) is 36.4 Å². The largest absolute Gasteiger partial charge is 0.384 e. The molecule has 0 spiro atoms. The highest BCUT2D eigenvalue weighted by molar-refractivity contribution is 5.80. The van der Waals surface area contributed by atoms with E-state index in [1.807, 2.05) is 12.1 Å². The van der Waals surface area contributed by atoms with Crippen LogP contribution in [-0.4, -0.2) is 6.54 Å². The van der Waals surface area contributed by atoms with E-state index in [0.717, 1.165) is 36.7 Å². The van der Waals surface area contributed by atoms with Gasteiger partial charge < -0.3 is 5.32 Å². The third kappa shape index (κ3) is 1.96. The van der Waals surface area contributed by atoms with Gasteiger partial charge in [-0.15, -0.1) is 0 Å². The highest BCUT2D eigenvalue weighted by atomic mass is 19.1. The molecule has 2 aromatic carbocycles. The molecule has 0 unspecified atom stereocenters. The molecule has 3 heteroatoms. The van der Waals surface area contributed by atoms with Gasteiger partial charge in [0.2, 0.25) is 0 Å². The third-order valence-electron chi connectivity index (χ3n) is 3.25. The molecule has 0 radical (unpaired) electrons. The van der Waals surface area contributed by atoms with Crippen LogP contribution in [0.1, 0.15) is 12.0 Å². The summed E-state index contributed by atoms with van der Waals surface area (Å²) in [6.45, 7) is 0.905. The number of halogens is 2. The topological polar surface area (TPSA) is 12.0 Å². The van der Waals surface area contributed by atoms with E-state index in [4.69, 9.17) is 0 Å². The van der Waals surface area contributed by atoms with Gasteiger partial charge in [-0.05, 0) is 36.1 Å². The molecule has 92 valence electrons. The van der Waals surface area contributed by atoms with Crippen molar-refractivity contribution in [1.82, 2.24) is 0 Å². The van der Waals surface area contributed by atoms with Crippen LogP contribution in [-0.2, 0) is 6.42 Å². The van der Waals surface area contributed by atoms with Crippen molar-refractivity contribution in [3.63, 3.8) is 0 Å². The molecule has 0 fully saturated rings. The van der Waals surface area contributed by atoms with Gasteiger partial charge in [-0.3, -0.25) is 0 Å². The summed E-state index contributed by atoms with van der Waals surface area (Å²) in [6.07, 6.45) is 2.10. The number of hydrogen-bond donors (Lipinski definition) is 1. The van der Waals surface area contributed by atoms with E-state index >= 15 is 0 Å². The molecular weight excluding hydrogens is 232 g/mol. The minimum absolute atomic E-state index is 0.543. The molecule has 18 heavy (non-hydrogen) atoms. The van der Waals surface area contributed by atoms with Crippen molar-refractivity contribution in [3.05, 3.63) is 53.6 Å². The van der Waals surface area contributed by atoms with Gasteiger partial charge >= 0.3 is 0 Å². The number of rotatable bonds is 1. The first-order valence-corrected chi connectivity index (χ1v) is 6.06. The first-order chi connectivity index (χ1) is 8.74. The summed E-state index contributed by atoms with van der Waals surface area (Å²) in [7, 11) is 0. The van der Waals surface area contributed by atoms with Crippen LogP contribution in [0, 0.1) is 11.6 Å². The summed E-state index contributed by atoms with van der Waals surface area (Å²) < 4.78 is 26.6. The highest BCUT2D eigenvalue weighted by Gasteiger charge is 2.14. The van der Waals surface area contributed by atoms with Crippen molar-refractivity contribution in [2.24, 2.45) is 0 Å². The SMILES string of the molecule is Fc1cc(F)cc(-c2cccc3c2NCCC3)c1. The minimum atomic E-state index is -0.543. The molecule has 0 saturated carbocycles. The van der Waals surface area contributed by atoms with Crippen molar-refractivity contribution in [1.29, 1.82) is 0 Å². The van der Waals surface area contributed by atoms with Crippen LogP contribution < -0.4 is 5.32 Å². The molecule has 1 N–H and O–H groups in total. The molecule has 3 rings (SSSR count). The number of nitrogens with one attached hydrogen (secondary N) is 1. The normalized spacial score (nSPS) is 13.9. The van der Waals surface area contributed by atoms with Gasteiger partial charge in [-0.25, -0.2) is 8.78 Å².